The number of carbonyl (C=O) groups excluding carboxylic acids is 1. The van der Waals surface area contributed by atoms with Crippen molar-refractivity contribution in [3.8, 4) is 0 Å². The minimum atomic E-state index is -0.200. The van der Waals surface area contributed by atoms with Gasteiger partial charge in [0.2, 0.25) is 0 Å². The highest BCUT2D eigenvalue weighted by molar-refractivity contribution is 5.70. The molecule has 3 heteroatoms. The van der Waals surface area contributed by atoms with Crippen molar-refractivity contribution >= 4 is 5.97 Å². The Balaban J connectivity index is 2.02. The molecule has 0 amide bonds. The molecule has 3 nitrogen and oxygen atoms in total. The molecule has 0 aliphatic heterocycles. The Bertz CT molecular complexity index is 891. The van der Waals surface area contributed by atoms with Gasteiger partial charge >= 0.3 is 5.97 Å². The number of esters is 1. The van der Waals surface area contributed by atoms with Gasteiger partial charge in [-0.1, -0.05) is 90.5 Å². The summed E-state index contributed by atoms with van der Waals surface area (Å²) < 4.78 is 5.05. The maximum absolute atomic E-state index is 12.3. The summed E-state index contributed by atoms with van der Waals surface area (Å²) in [7, 11) is 1.46. The first-order valence-corrected chi connectivity index (χ1v) is 10.1. The average Bonchev–Trinajstić information content (AvgIpc) is 2.77. The fourth-order valence-electron chi connectivity index (χ4n) is 3.69. The van der Waals surface area contributed by atoms with Crippen molar-refractivity contribution in [2.45, 2.75) is 38.9 Å². The van der Waals surface area contributed by atoms with Gasteiger partial charge in [0.05, 0.1) is 13.5 Å². The quantitative estimate of drug-likeness (QED) is 0.453. The number of nitrogens with zero attached hydrogens (tertiary/aromatic N) is 1. The number of aryl methyl sites for hydroxylation is 1. The summed E-state index contributed by atoms with van der Waals surface area (Å²) in [5.74, 6) is -0.200. The van der Waals surface area contributed by atoms with E-state index in [9.17, 15) is 4.79 Å². The summed E-state index contributed by atoms with van der Waals surface area (Å²) >= 11 is 0. The van der Waals surface area contributed by atoms with E-state index in [4.69, 9.17) is 4.74 Å². The van der Waals surface area contributed by atoms with E-state index in [2.05, 4.69) is 91.5 Å². The van der Waals surface area contributed by atoms with Crippen LogP contribution in [0.2, 0.25) is 0 Å². The van der Waals surface area contributed by atoms with Crippen LogP contribution in [0.25, 0.3) is 0 Å². The van der Waals surface area contributed by atoms with Crippen molar-refractivity contribution in [1.82, 2.24) is 4.90 Å². The maximum atomic E-state index is 12.3. The van der Waals surface area contributed by atoms with Gasteiger partial charge in [-0.2, -0.15) is 0 Å². The molecule has 0 aromatic heterocycles. The number of hydrogen-bond donors (Lipinski definition) is 0. The third kappa shape index (κ3) is 5.55. The molecular formula is C26H29NO2. The highest BCUT2D eigenvalue weighted by atomic mass is 16.5. The van der Waals surface area contributed by atoms with E-state index in [1.165, 1.54) is 23.8 Å². The Morgan fingerprint density at radius 2 is 1.45 bits per heavy atom. The Kier molecular flexibility index (Phi) is 7.20. The largest absolute Gasteiger partial charge is 0.469 e. The zero-order valence-electron chi connectivity index (χ0n) is 17.4. The lowest BCUT2D eigenvalue weighted by molar-refractivity contribution is -0.142. The summed E-state index contributed by atoms with van der Waals surface area (Å²) in [5, 5.41) is 0. The standard InChI is InChI=1S/C26H29NO2/c1-20-14-16-24(17-15-20)25(18-26(28)29-3)27(19-22-10-6-4-7-11-22)21(2)23-12-8-5-9-13-23/h4-17,21,25H,18-19H2,1-3H3/t21-,25+/m0/s1. The van der Waals surface area contributed by atoms with Gasteiger partial charge in [0.25, 0.3) is 0 Å². The molecule has 0 unspecified atom stereocenters. The Morgan fingerprint density at radius 1 is 0.862 bits per heavy atom. The first kappa shape index (κ1) is 20.8. The number of carbonyl (C=O) groups is 1. The number of hydrogen-bond acceptors (Lipinski definition) is 3. The average molecular weight is 388 g/mol. The van der Waals surface area contributed by atoms with Gasteiger partial charge < -0.3 is 4.74 Å². The second-order valence-electron chi connectivity index (χ2n) is 7.45. The second-order valence-corrected chi connectivity index (χ2v) is 7.45. The van der Waals surface area contributed by atoms with Gasteiger partial charge in [-0.25, -0.2) is 0 Å². The molecule has 2 atom stereocenters. The monoisotopic (exact) mass is 387 g/mol. The summed E-state index contributed by atoms with van der Waals surface area (Å²) in [5.41, 5.74) is 4.78. The van der Waals surface area contributed by atoms with Crippen LogP contribution in [0.4, 0.5) is 0 Å². The van der Waals surface area contributed by atoms with Crippen LogP contribution in [0.1, 0.15) is 47.7 Å². The smallest absolute Gasteiger partial charge is 0.307 e. The van der Waals surface area contributed by atoms with Gasteiger partial charge in [0.1, 0.15) is 0 Å². The molecule has 3 aromatic rings. The fraction of sp³-hybridized carbons (Fsp3) is 0.269. The third-order valence-electron chi connectivity index (χ3n) is 5.44. The molecule has 0 saturated heterocycles. The highest BCUT2D eigenvalue weighted by Gasteiger charge is 2.28. The minimum Gasteiger partial charge on any atom is -0.469 e. The molecule has 0 radical (unpaired) electrons. The number of rotatable bonds is 8. The van der Waals surface area contributed by atoms with Crippen LogP contribution in [-0.4, -0.2) is 18.0 Å². The molecule has 0 saturated carbocycles. The first-order valence-electron chi connectivity index (χ1n) is 10.1. The molecule has 0 N–H and O–H groups in total. The summed E-state index contributed by atoms with van der Waals surface area (Å²) in [6, 6.07) is 29.4. The molecule has 0 fully saturated rings. The molecule has 0 aliphatic carbocycles. The molecule has 0 aliphatic rings. The molecule has 3 aromatic carbocycles. The molecule has 29 heavy (non-hydrogen) atoms. The van der Waals surface area contributed by atoms with Gasteiger partial charge in [-0.05, 0) is 30.5 Å². The highest BCUT2D eigenvalue weighted by Crippen LogP contribution is 2.35. The fourth-order valence-corrected chi connectivity index (χ4v) is 3.69. The normalized spacial score (nSPS) is 13.1. The number of methoxy groups -OCH3 is 1. The molecule has 3 rings (SSSR count). The summed E-state index contributed by atoms with van der Waals surface area (Å²) in [6.45, 7) is 5.02. The minimum absolute atomic E-state index is 0.0848. The zero-order chi connectivity index (χ0) is 20.6. The van der Waals surface area contributed by atoms with Gasteiger partial charge in [-0.3, -0.25) is 9.69 Å². The third-order valence-corrected chi connectivity index (χ3v) is 5.44. The number of benzene rings is 3. The summed E-state index contributed by atoms with van der Waals surface area (Å²) in [6.07, 6.45) is 0.309. The van der Waals surface area contributed by atoms with E-state index in [0.29, 0.717) is 6.42 Å². The van der Waals surface area contributed by atoms with Crippen molar-refractivity contribution in [2.75, 3.05) is 7.11 Å². The van der Waals surface area contributed by atoms with Crippen LogP contribution < -0.4 is 0 Å². The van der Waals surface area contributed by atoms with Gasteiger partial charge in [0.15, 0.2) is 0 Å². The molecule has 0 bridgehead atoms. The summed E-state index contributed by atoms with van der Waals surface area (Å²) in [4.78, 5) is 14.7. The SMILES string of the molecule is COC(=O)C[C@H](c1ccc(C)cc1)N(Cc1ccccc1)[C@@H](C)c1ccccc1. The van der Waals surface area contributed by atoms with Crippen LogP contribution in [0.5, 0.6) is 0 Å². The van der Waals surface area contributed by atoms with E-state index in [0.717, 1.165) is 12.1 Å². The zero-order valence-corrected chi connectivity index (χ0v) is 17.4. The predicted molar refractivity (Wildman–Crippen MR) is 117 cm³/mol. The first-order chi connectivity index (χ1) is 14.1. The van der Waals surface area contributed by atoms with Crippen molar-refractivity contribution in [1.29, 1.82) is 0 Å². The van der Waals surface area contributed by atoms with Crippen molar-refractivity contribution < 1.29 is 9.53 Å². The number of ether oxygens (including phenoxy) is 1. The molecular weight excluding hydrogens is 358 g/mol. The topological polar surface area (TPSA) is 29.5 Å². The Morgan fingerprint density at radius 3 is 2.03 bits per heavy atom. The van der Waals surface area contributed by atoms with Gasteiger partial charge in [-0.15, -0.1) is 0 Å². The lowest BCUT2D eigenvalue weighted by Gasteiger charge is -2.37. The van der Waals surface area contributed by atoms with Crippen LogP contribution in [0.3, 0.4) is 0 Å². The van der Waals surface area contributed by atoms with E-state index in [-0.39, 0.29) is 18.1 Å². The van der Waals surface area contributed by atoms with Gasteiger partial charge in [0, 0.05) is 18.6 Å². The van der Waals surface area contributed by atoms with Crippen LogP contribution in [0.15, 0.2) is 84.9 Å². The molecule has 0 spiro atoms. The van der Waals surface area contributed by atoms with Crippen molar-refractivity contribution in [3.05, 3.63) is 107 Å². The predicted octanol–water partition coefficient (Wildman–Crippen LogP) is 5.86. The van der Waals surface area contributed by atoms with E-state index in [1.807, 2.05) is 12.1 Å². The Hall–Kier alpha value is -2.91. The van der Waals surface area contributed by atoms with Crippen molar-refractivity contribution in [2.24, 2.45) is 0 Å². The second kappa shape index (κ2) is 10.0. The molecule has 0 heterocycles. The molecule has 150 valence electrons. The Labute approximate surface area is 174 Å². The van der Waals surface area contributed by atoms with E-state index < -0.39 is 0 Å². The van der Waals surface area contributed by atoms with Crippen molar-refractivity contribution in [3.63, 3.8) is 0 Å². The van der Waals surface area contributed by atoms with Crippen LogP contribution >= 0.6 is 0 Å². The van der Waals surface area contributed by atoms with E-state index >= 15 is 0 Å². The lowest BCUT2D eigenvalue weighted by atomic mass is 9.96. The van der Waals surface area contributed by atoms with Crippen LogP contribution in [0, 0.1) is 6.92 Å². The van der Waals surface area contributed by atoms with Crippen LogP contribution in [-0.2, 0) is 16.1 Å². The van der Waals surface area contributed by atoms with E-state index in [1.54, 1.807) is 0 Å². The lowest BCUT2D eigenvalue weighted by Crippen LogP contribution is -2.33. The maximum Gasteiger partial charge on any atom is 0.307 e.